The predicted molar refractivity (Wildman–Crippen MR) is 110 cm³/mol. The van der Waals surface area contributed by atoms with Crippen LogP contribution in [0, 0.1) is 0 Å². The molecule has 0 radical (unpaired) electrons. The van der Waals surface area contributed by atoms with Gasteiger partial charge in [0.15, 0.2) is 0 Å². The predicted octanol–water partition coefficient (Wildman–Crippen LogP) is 4.50. The highest BCUT2D eigenvalue weighted by Crippen LogP contribution is 2.34. The second-order valence-corrected chi connectivity index (χ2v) is 10.00. The Morgan fingerprint density at radius 2 is 1.75 bits per heavy atom. The average molecular weight is 460 g/mol. The maximum Gasteiger partial charge on any atom is 0.253 e. The molecule has 0 aliphatic heterocycles. The third-order valence-corrected chi connectivity index (χ3v) is 7.48. The molecule has 4 rings (SSSR count). The van der Waals surface area contributed by atoms with Gasteiger partial charge in [-0.25, -0.2) is 13.1 Å². The first kappa shape index (κ1) is 20.0. The number of halogens is 3. The molecule has 28 heavy (non-hydrogen) atoms. The molecule has 0 bridgehead atoms. The molecule has 2 aromatic carbocycles. The van der Waals surface area contributed by atoms with Gasteiger partial charge in [-0.2, -0.15) is 0 Å². The van der Waals surface area contributed by atoms with Crippen molar-refractivity contribution in [3.8, 4) is 0 Å². The lowest BCUT2D eigenvalue weighted by molar-refractivity contribution is 0.0936. The van der Waals surface area contributed by atoms with Gasteiger partial charge in [-0.05, 0) is 61.1 Å². The van der Waals surface area contributed by atoms with Crippen LogP contribution in [0.5, 0.6) is 0 Å². The summed E-state index contributed by atoms with van der Waals surface area (Å²) in [5.74, 6) is -0.447. The molecule has 2 N–H and O–H groups in total. The van der Waals surface area contributed by atoms with E-state index in [0.717, 1.165) is 36.8 Å². The van der Waals surface area contributed by atoms with E-state index < -0.39 is 15.9 Å². The minimum atomic E-state index is -3.82. The Hall–Kier alpha value is -1.31. The zero-order valence-corrected chi connectivity index (χ0v) is 17.7. The van der Waals surface area contributed by atoms with Crippen molar-refractivity contribution in [2.45, 2.75) is 42.7 Å². The van der Waals surface area contributed by atoms with Crippen LogP contribution in [-0.4, -0.2) is 20.4 Å². The van der Waals surface area contributed by atoms with E-state index in [-0.39, 0.29) is 32.6 Å². The minimum absolute atomic E-state index is 0.0180. The fourth-order valence-corrected chi connectivity index (χ4v) is 5.72. The molecule has 0 heterocycles. The van der Waals surface area contributed by atoms with Crippen LogP contribution >= 0.6 is 34.8 Å². The molecule has 2 aliphatic carbocycles. The number of benzene rings is 2. The molecule has 1 amide bonds. The molecule has 1 atom stereocenters. The lowest BCUT2D eigenvalue weighted by Gasteiger charge is -2.16. The minimum Gasteiger partial charge on any atom is -0.345 e. The molecular formula is C19H17Cl3N2O3S. The Labute approximate surface area is 178 Å². The van der Waals surface area contributed by atoms with E-state index in [2.05, 4.69) is 10.0 Å². The molecule has 1 fully saturated rings. The maximum atomic E-state index is 12.8. The second kappa shape index (κ2) is 7.50. The van der Waals surface area contributed by atoms with Crippen molar-refractivity contribution in [3.05, 3.63) is 62.1 Å². The summed E-state index contributed by atoms with van der Waals surface area (Å²) in [7, 11) is -3.82. The summed E-state index contributed by atoms with van der Waals surface area (Å²) in [5.41, 5.74) is 2.17. The summed E-state index contributed by atoms with van der Waals surface area (Å²) in [4.78, 5) is 12.7. The second-order valence-electron chi connectivity index (χ2n) is 7.07. The highest BCUT2D eigenvalue weighted by Gasteiger charge is 2.31. The standard InChI is InChI=1S/C19H17Cl3N2O3S/c20-11-2-5-13-10(7-11)1-6-17(13)23-19(25)14-8-18(16(22)9-15(14)21)28(26,27)24-12-3-4-12/h2,5,7-9,12,17,24H,1,3-4,6H2,(H,23,25). The number of carbonyl (C=O) groups excluding carboxylic acids is 1. The number of sulfonamides is 1. The molecule has 2 aromatic rings. The number of fused-ring (bicyclic) bond motifs is 1. The summed E-state index contributed by atoms with van der Waals surface area (Å²) in [5, 5.41) is 3.68. The van der Waals surface area contributed by atoms with E-state index in [1.165, 1.54) is 12.1 Å². The Bertz CT molecular complexity index is 1070. The molecule has 0 spiro atoms. The van der Waals surface area contributed by atoms with Crippen LogP contribution in [0.4, 0.5) is 0 Å². The van der Waals surface area contributed by atoms with Crippen LogP contribution in [0.15, 0.2) is 35.2 Å². The van der Waals surface area contributed by atoms with Crippen molar-refractivity contribution in [1.82, 2.24) is 10.0 Å². The number of nitrogens with one attached hydrogen (secondary N) is 2. The third kappa shape index (κ3) is 4.02. The van der Waals surface area contributed by atoms with E-state index in [1.54, 1.807) is 6.07 Å². The van der Waals surface area contributed by atoms with Crippen molar-refractivity contribution < 1.29 is 13.2 Å². The molecule has 9 heteroatoms. The van der Waals surface area contributed by atoms with Crippen molar-refractivity contribution in [2.75, 3.05) is 0 Å². The summed E-state index contributed by atoms with van der Waals surface area (Å²) in [6, 6.07) is 7.85. The van der Waals surface area contributed by atoms with Gasteiger partial charge in [-0.1, -0.05) is 40.9 Å². The molecule has 1 saturated carbocycles. The van der Waals surface area contributed by atoms with Gasteiger partial charge in [0.25, 0.3) is 5.91 Å². The fraction of sp³-hybridized carbons (Fsp3) is 0.316. The third-order valence-electron chi connectivity index (χ3n) is 4.94. The first-order valence-electron chi connectivity index (χ1n) is 8.85. The van der Waals surface area contributed by atoms with E-state index in [4.69, 9.17) is 34.8 Å². The molecule has 0 saturated heterocycles. The highest BCUT2D eigenvalue weighted by molar-refractivity contribution is 7.89. The number of amides is 1. The number of aryl methyl sites for hydroxylation is 1. The Balaban J connectivity index is 1.61. The van der Waals surface area contributed by atoms with Crippen molar-refractivity contribution in [2.24, 2.45) is 0 Å². The SMILES string of the molecule is O=C(NC1CCc2cc(Cl)ccc21)c1cc(S(=O)(=O)NC2CC2)c(Cl)cc1Cl. The number of hydrogen-bond acceptors (Lipinski definition) is 3. The van der Waals surface area contributed by atoms with E-state index in [0.29, 0.717) is 5.02 Å². The molecule has 1 unspecified atom stereocenters. The van der Waals surface area contributed by atoms with Gasteiger partial charge >= 0.3 is 0 Å². The Morgan fingerprint density at radius 3 is 2.46 bits per heavy atom. The van der Waals surface area contributed by atoms with Gasteiger partial charge < -0.3 is 5.32 Å². The molecule has 148 valence electrons. The summed E-state index contributed by atoms with van der Waals surface area (Å²) >= 11 is 18.3. The van der Waals surface area contributed by atoms with E-state index >= 15 is 0 Å². The van der Waals surface area contributed by atoms with Crippen LogP contribution in [0.25, 0.3) is 0 Å². The van der Waals surface area contributed by atoms with Crippen LogP contribution in [-0.2, 0) is 16.4 Å². The number of carbonyl (C=O) groups is 1. The van der Waals surface area contributed by atoms with Gasteiger partial charge in [0, 0.05) is 11.1 Å². The summed E-state index contributed by atoms with van der Waals surface area (Å²) in [6.07, 6.45) is 3.13. The number of hydrogen-bond donors (Lipinski definition) is 2. The molecular weight excluding hydrogens is 443 g/mol. The van der Waals surface area contributed by atoms with Crippen LogP contribution in [0.2, 0.25) is 15.1 Å². The quantitative estimate of drug-likeness (QED) is 0.691. The maximum absolute atomic E-state index is 12.8. The molecule has 5 nitrogen and oxygen atoms in total. The van der Waals surface area contributed by atoms with Crippen molar-refractivity contribution in [1.29, 1.82) is 0 Å². The van der Waals surface area contributed by atoms with Crippen molar-refractivity contribution in [3.63, 3.8) is 0 Å². The van der Waals surface area contributed by atoms with Gasteiger partial charge in [-0.15, -0.1) is 0 Å². The van der Waals surface area contributed by atoms with E-state index in [1.807, 2.05) is 12.1 Å². The fourth-order valence-electron chi connectivity index (χ4n) is 3.37. The average Bonchev–Trinajstić information content (AvgIpc) is 3.33. The first-order chi connectivity index (χ1) is 13.2. The topological polar surface area (TPSA) is 75.3 Å². The molecule has 2 aliphatic rings. The first-order valence-corrected chi connectivity index (χ1v) is 11.5. The highest BCUT2D eigenvalue weighted by atomic mass is 35.5. The van der Waals surface area contributed by atoms with Gasteiger partial charge in [-0.3, -0.25) is 4.79 Å². The van der Waals surface area contributed by atoms with Gasteiger partial charge in [0.1, 0.15) is 4.90 Å². The monoisotopic (exact) mass is 458 g/mol. The van der Waals surface area contributed by atoms with E-state index in [9.17, 15) is 13.2 Å². The summed E-state index contributed by atoms with van der Waals surface area (Å²) in [6.45, 7) is 0. The van der Waals surface area contributed by atoms with Crippen LogP contribution in [0.3, 0.4) is 0 Å². The van der Waals surface area contributed by atoms with Gasteiger partial charge in [0.2, 0.25) is 10.0 Å². The normalized spacial score (nSPS) is 18.8. The lowest BCUT2D eigenvalue weighted by Crippen LogP contribution is -2.29. The smallest absolute Gasteiger partial charge is 0.253 e. The van der Waals surface area contributed by atoms with Crippen LogP contribution in [0.1, 0.15) is 46.8 Å². The molecule has 0 aromatic heterocycles. The zero-order valence-electron chi connectivity index (χ0n) is 14.6. The largest absolute Gasteiger partial charge is 0.345 e. The van der Waals surface area contributed by atoms with Gasteiger partial charge in [0.05, 0.1) is 21.7 Å². The van der Waals surface area contributed by atoms with Crippen molar-refractivity contribution >= 4 is 50.7 Å². The summed E-state index contributed by atoms with van der Waals surface area (Å²) < 4.78 is 27.7. The Morgan fingerprint density at radius 1 is 1.00 bits per heavy atom. The Kier molecular flexibility index (Phi) is 5.35. The zero-order chi connectivity index (χ0) is 20.1. The van der Waals surface area contributed by atoms with Crippen LogP contribution < -0.4 is 10.0 Å². The number of rotatable bonds is 5. The lowest BCUT2D eigenvalue weighted by atomic mass is 10.1.